The molecule has 1 rings (SSSR count). The van der Waals surface area contributed by atoms with Crippen LogP contribution >= 0.6 is 0 Å². The first kappa shape index (κ1) is 54.5. The Labute approximate surface area is 365 Å². The maximum Gasteiger partial charge on any atom is 0.335 e. The molecule has 0 unspecified atom stereocenters. The van der Waals surface area contributed by atoms with Crippen LogP contribution in [0, 0.1) is 0 Å². The van der Waals surface area contributed by atoms with Crippen molar-refractivity contribution in [1.29, 1.82) is 0 Å². The summed E-state index contributed by atoms with van der Waals surface area (Å²) in [5, 5.41) is 9.95. The van der Waals surface area contributed by atoms with E-state index in [1.165, 1.54) is 103 Å². The minimum Gasteiger partial charge on any atom is -0.490 e. The zero-order valence-electron chi connectivity index (χ0n) is 38.5. The Balaban J connectivity index is 2.52. The molecule has 9 nitrogen and oxygen atoms in total. The Morgan fingerprint density at radius 1 is 0.433 bits per heavy atom. The highest BCUT2D eigenvalue weighted by atomic mass is 16.5. The zero-order valence-corrected chi connectivity index (χ0v) is 38.5. The molecule has 0 fully saturated rings. The van der Waals surface area contributed by atoms with Gasteiger partial charge in [-0.25, -0.2) is 14.4 Å². The highest BCUT2D eigenvalue weighted by molar-refractivity contribution is 5.89. The number of hydrogen-bond acceptors (Lipinski definition) is 8. The number of esters is 2. The van der Waals surface area contributed by atoms with Crippen molar-refractivity contribution in [2.45, 2.75) is 213 Å². The lowest BCUT2D eigenvalue weighted by Gasteiger charge is -2.18. The van der Waals surface area contributed by atoms with E-state index in [-0.39, 0.29) is 17.5 Å². The number of benzene rings is 1. The minimum absolute atomic E-state index is 0.148. The van der Waals surface area contributed by atoms with Crippen LogP contribution in [0.5, 0.6) is 17.2 Å². The van der Waals surface area contributed by atoms with Crippen molar-refractivity contribution in [3.63, 3.8) is 0 Å². The second-order valence-electron chi connectivity index (χ2n) is 16.7. The zero-order chi connectivity index (χ0) is 43.9. The van der Waals surface area contributed by atoms with Crippen molar-refractivity contribution in [3.8, 4) is 17.2 Å². The number of hydrogen-bond donors (Lipinski definition) is 1. The first-order valence-electron chi connectivity index (χ1n) is 24.1. The molecule has 0 atom stereocenters. The molecule has 0 aliphatic carbocycles. The lowest BCUT2D eigenvalue weighted by atomic mass is 10.1. The van der Waals surface area contributed by atoms with Crippen molar-refractivity contribution in [1.82, 2.24) is 0 Å². The van der Waals surface area contributed by atoms with Gasteiger partial charge >= 0.3 is 17.9 Å². The number of ether oxygens (including phenoxy) is 5. The molecular weight excluding hydrogens is 757 g/mol. The normalized spacial score (nSPS) is 11.0. The summed E-state index contributed by atoms with van der Waals surface area (Å²) in [6, 6.07) is 3.18. The first-order chi connectivity index (χ1) is 29.2. The molecule has 1 aromatic rings. The Hall–Kier alpha value is -3.49. The predicted octanol–water partition coefficient (Wildman–Crippen LogP) is 14.5. The third-order valence-electron chi connectivity index (χ3n) is 10.8. The average molecular weight is 843 g/mol. The minimum atomic E-state index is -1.01. The molecule has 0 aliphatic rings. The second kappa shape index (κ2) is 38.4. The molecule has 0 heterocycles. The Morgan fingerprint density at radius 2 is 0.700 bits per heavy atom. The molecule has 0 amide bonds. The molecule has 0 radical (unpaired) electrons. The van der Waals surface area contributed by atoms with E-state index in [4.69, 9.17) is 23.7 Å². The lowest BCUT2D eigenvalue weighted by molar-refractivity contribution is -0.139. The Morgan fingerprint density at radius 3 is 0.983 bits per heavy atom. The van der Waals surface area contributed by atoms with E-state index in [0.29, 0.717) is 61.4 Å². The summed E-state index contributed by atoms with van der Waals surface area (Å²) >= 11 is 0. The molecule has 344 valence electrons. The van der Waals surface area contributed by atoms with Gasteiger partial charge in [0.1, 0.15) is 0 Å². The van der Waals surface area contributed by atoms with E-state index in [1.807, 2.05) is 0 Å². The van der Waals surface area contributed by atoms with Gasteiger partial charge < -0.3 is 28.8 Å². The van der Waals surface area contributed by atoms with Crippen LogP contribution in [0.4, 0.5) is 0 Å². The van der Waals surface area contributed by atoms with Crippen LogP contribution < -0.4 is 14.2 Å². The fraction of sp³-hybridized carbons (Fsp3) is 0.745. The van der Waals surface area contributed by atoms with Gasteiger partial charge in [0.05, 0.1) is 38.6 Å². The molecule has 0 aliphatic heterocycles. The standard InChI is InChI=1S/C51H86O9/c1-6-7-8-9-10-11-16-21-26-31-36-56-46-41-45(49(52)53)42-47(57-37-32-27-22-17-12-14-19-24-29-34-39-59-50(54)43(2)3)48(46)58-38-33-28-23-18-13-15-20-25-30-35-40-60-51(55)44(4)5/h41-42H,2,4,6-40H2,1,3,5H3,(H,52,53). The van der Waals surface area contributed by atoms with Gasteiger partial charge in [0.2, 0.25) is 5.75 Å². The van der Waals surface area contributed by atoms with Crippen molar-refractivity contribution in [2.24, 2.45) is 0 Å². The highest BCUT2D eigenvalue weighted by Crippen LogP contribution is 2.40. The highest BCUT2D eigenvalue weighted by Gasteiger charge is 2.19. The molecule has 1 aromatic carbocycles. The average Bonchev–Trinajstić information content (AvgIpc) is 3.22. The monoisotopic (exact) mass is 843 g/mol. The number of carboxylic acids is 1. The fourth-order valence-corrected chi connectivity index (χ4v) is 7.00. The Bertz CT molecular complexity index is 1290. The summed E-state index contributed by atoms with van der Waals surface area (Å²) < 4.78 is 29.2. The molecule has 0 saturated carbocycles. The summed E-state index contributed by atoms with van der Waals surface area (Å²) in [4.78, 5) is 35.1. The van der Waals surface area contributed by atoms with Crippen molar-refractivity contribution in [2.75, 3.05) is 33.0 Å². The van der Waals surface area contributed by atoms with Gasteiger partial charge in [0.15, 0.2) is 11.5 Å². The number of unbranched alkanes of at least 4 members (excludes halogenated alkanes) is 27. The van der Waals surface area contributed by atoms with E-state index in [9.17, 15) is 19.5 Å². The van der Waals surface area contributed by atoms with E-state index in [1.54, 1.807) is 26.0 Å². The van der Waals surface area contributed by atoms with Crippen LogP contribution in [-0.2, 0) is 19.1 Å². The molecule has 0 bridgehead atoms. The van der Waals surface area contributed by atoms with E-state index in [0.717, 1.165) is 89.9 Å². The topological polar surface area (TPSA) is 118 Å². The van der Waals surface area contributed by atoms with Crippen LogP contribution in [0.1, 0.15) is 224 Å². The molecule has 9 heteroatoms. The lowest BCUT2D eigenvalue weighted by Crippen LogP contribution is -2.08. The second-order valence-corrected chi connectivity index (χ2v) is 16.7. The van der Waals surface area contributed by atoms with Crippen LogP contribution in [0.3, 0.4) is 0 Å². The SMILES string of the molecule is C=C(C)C(=O)OCCCCCCCCCCCCOc1cc(C(=O)O)cc(OCCCCCCCCCCCC)c1OCCCCCCCCCCCCOC(=O)C(=C)C. The number of carbonyl (C=O) groups excluding carboxylic acids is 2. The van der Waals surface area contributed by atoms with Crippen molar-refractivity contribution >= 4 is 17.9 Å². The largest absolute Gasteiger partial charge is 0.490 e. The smallest absolute Gasteiger partial charge is 0.335 e. The van der Waals surface area contributed by atoms with E-state index < -0.39 is 5.97 Å². The van der Waals surface area contributed by atoms with Gasteiger partial charge in [-0.1, -0.05) is 181 Å². The summed E-state index contributed by atoms with van der Waals surface area (Å²) in [5.41, 5.74) is 1.04. The van der Waals surface area contributed by atoms with Gasteiger partial charge in [-0.05, 0) is 58.1 Å². The van der Waals surface area contributed by atoms with Gasteiger partial charge in [-0.15, -0.1) is 0 Å². The van der Waals surface area contributed by atoms with E-state index in [2.05, 4.69) is 20.1 Å². The molecule has 1 N–H and O–H groups in total. The third kappa shape index (κ3) is 30.5. The maximum absolute atomic E-state index is 12.1. The number of carbonyl (C=O) groups is 3. The number of rotatable bonds is 43. The van der Waals surface area contributed by atoms with Crippen LogP contribution in [-0.4, -0.2) is 56.0 Å². The first-order valence-corrected chi connectivity index (χ1v) is 24.1. The summed E-state index contributed by atoms with van der Waals surface area (Å²) in [7, 11) is 0. The van der Waals surface area contributed by atoms with Crippen molar-refractivity contribution < 1.29 is 43.2 Å². The third-order valence-corrected chi connectivity index (χ3v) is 10.8. The number of carboxylic acid groups (broad SMARTS) is 1. The summed E-state index contributed by atoms with van der Waals surface area (Å²) in [5.74, 6) is -0.173. The maximum atomic E-state index is 12.1. The van der Waals surface area contributed by atoms with Crippen LogP contribution in [0.25, 0.3) is 0 Å². The van der Waals surface area contributed by atoms with Crippen LogP contribution in [0.15, 0.2) is 36.4 Å². The van der Waals surface area contributed by atoms with Gasteiger partial charge in [-0.2, -0.15) is 0 Å². The molecule has 0 aromatic heterocycles. The Kier molecular flexibility index (Phi) is 34.9. The van der Waals surface area contributed by atoms with Crippen molar-refractivity contribution in [3.05, 3.63) is 42.0 Å². The van der Waals surface area contributed by atoms with E-state index >= 15 is 0 Å². The summed E-state index contributed by atoms with van der Waals surface area (Å²) in [6.07, 6.45) is 34.5. The quantitative estimate of drug-likeness (QED) is 0.0389. The summed E-state index contributed by atoms with van der Waals surface area (Å²) in [6.45, 7) is 15.3. The molecule has 0 spiro atoms. The van der Waals surface area contributed by atoms with Crippen LogP contribution in [0.2, 0.25) is 0 Å². The number of aromatic carboxylic acids is 1. The predicted molar refractivity (Wildman–Crippen MR) is 246 cm³/mol. The van der Waals surface area contributed by atoms with Gasteiger partial charge in [0.25, 0.3) is 0 Å². The van der Waals surface area contributed by atoms with Gasteiger partial charge in [0, 0.05) is 11.1 Å². The molecular formula is C51H86O9. The fourth-order valence-electron chi connectivity index (χ4n) is 7.00. The molecule has 60 heavy (non-hydrogen) atoms. The van der Waals surface area contributed by atoms with Gasteiger partial charge in [-0.3, -0.25) is 0 Å². The molecule has 0 saturated heterocycles.